The van der Waals surface area contributed by atoms with E-state index in [2.05, 4.69) is 4.98 Å². The summed E-state index contributed by atoms with van der Waals surface area (Å²) in [7, 11) is 0. The lowest BCUT2D eigenvalue weighted by molar-refractivity contribution is -0.141. The second-order valence-corrected chi connectivity index (χ2v) is 7.42. The van der Waals surface area contributed by atoms with E-state index in [9.17, 15) is 23.5 Å². The van der Waals surface area contributed by atoms with Gasteiger partial charge in [0.1, 0.15) is 11.6 Å². The molecule has 2 aromatic carbocycles. The van der Waals surface area contributed by atoms with E-state index in [-0.39, 0.29) is 31.0 Å². The summed E-state index contributed by atoms with van der Waals surface area (Å²) >= 11 is 0. The van der Waals surface area contributed by atoms with Crippen molar-refractivity contribution < 1.29 is 23.5 Å². The minimum absolute atomic E-state index is 0.0203. The number of nitrogens with zero attached hydrogens (tertiary/aromatic N) is 1. The van der Waals surface area contributed by atoms with Crippen LogP contribution in [0.2, 0.25) is 0 Å². The van der Waals surface area contributed by atoms with E-state index < -0.39 is 29.4 Å². The van der Waals surface area contributed by atoms with Crippen molar-refractivity contribution in [3.8, 4) is 0 Å². The van der Waals surface area contributed by atoms with Gasteiger partial charge in [-0.3, -0.25) is 9.59 Å². The fourth-order valence-corrected chi connectivity index (χ4v) is 4.04. The van der Waals surface area contributed by atoms with Crippen molar-refractivity contribution in [2.75, 3.05) is 13.1 Å². The van der Waals surface area contributed by atoms with Crippen molar-refractivity contribution in [2.24, 2.45) is 5.92 Å². The monoisotopic (exact) mass is 398 g/mol. The second-order valence-electron chi connectivity index (χ2n) is 7.42. The Morgan fingerprint density at radius 2 is 1.93 bits per heavy atom. The second kappa shape index (κ2) is 7.66. The fraction of sp³-hybridized carbons (Fsp3) is 0.273. The van der Waals surface area contributed by atoms with E-state index >= 15 is 0 Å². The largest absolute Gasteiger partial charge is 0.481 e. The maximum atomic E-state index is 14.2. The minimum atomic E-state index is -1.09. The lowest BCUT2D eigenvalue weighted by Gasteiger charge is -2.17. The van der Waals surface area contributed by atoms with Crippen LogP contribution in [0.5, 0.6) is 0 Å². The molecule has 1 aromatic heterocycles. The summed E-state index contributed by atoms with van der Waals surface area (Å²) in [6.07, 6.45) is 2.62. The van der Waals surface area contributed by atoms with Gasteiger partial charge in [-0.2, -0.15) is 0 Å². The zero-order chi connectivity index (χ0) is 20.5. The number of aliphatic carboxylic acids is 1. The minimum Gasteiger partial charge on any atom is -0.481 e. The zero-order valence-electron chi connectivity index (χ0n) is 15.6. The molecule has 150 valence electrons. The van der Waals surface area contributed by atoms with Gasteiger partial charge in [0.05, 0.1) is 5.92 Å². The van der Waals surface area contributed by atoms with Crippen LogP contribution in [-0.4, -0.2) is 40.0 Å². The van der Waals surface area contributed by atoms with E-state index in [1.54, 1.807) is 0 Å². The number of amides is 1. The summed E-state index contributed by atoms with van der Waals surface area (Å²) in [5.41, 5.74) is 2.17. The van der Waals surface area contributed by atoms with Gasteiger partial charge in [0.25, 0.3) is 0 Å². The molecule has 0 spiro atoms. The van der Waals surface area contributed by atoms with Crippen LogP contribution in [-0.2, 0) is 16.0 Å². The number of aromatic amines is 1. The number of carboxylic acid groups (broad SMARTS) is 1. The van der Waals surface area contributed by atoms with Crippen LogP contribution in [0.3, 0.4) is 0 Å². The summed E-state index contributed by atoms with van der Waals surface area (Å²) in [5.74, 6) is -4.38. The summed E-state index contributed by atoms with van der Waals surface area (Å²) in [5, 5.41) is 10.6. The number of carboxylic acids is 1. The van der Waals surface area contributed by atoms with Crippen LogP contribution in [0.15, 0.2) is 48.7 Å². The summed E-state index contributed by atoms with van der Waals surface area (Å²) < 4.78 is 27.4. The van der Waals surface area contributed by atoms with Crippen molar-refractivity contribution in [3.63, 3.8) is 0 Å². The van der Waals surface area contributed by atoms with Gasteiger partial charge in [-0.05, 0) is 47.2 Å². The number of carbonyl (C=O) groups is 2. The van der Waals surface area contributed by atoms with E-state index in [0.29, 0.717) is 6.42 Å². The van der Waals surface area contributed by atoms with E-state index in [4.69, 9.17) is 0 Å². The van der Waals surface area contributed by atoms with Gasteiger partial charge in [-0.25, -0.2) is 8.78 Å². The Balaban J connectivity index is 1.46. The first-order valence-electron chi connectivity index (χ1n) is 9.44. The van der Waals surface area contributed by atoms with Gasteiger partial charge in [0, 0.05) is 43.2 Å². The van der Waals surface area contributed by atoms with E-state index in [1.807, 2.05) is 30.5 Å². The number of halogens is 2. The number of benzene rings is 2. The molecule has 3 aromatic rings. The Hall–Kier alpha value is -3.22. The van der Waals surface area contributed by atoms with Gasteiger partial charge in [0.15, 0.2) is 0 Å². The van der Waals surface area contributed by atoms with Crippen LogP contribution in [0.1, 0.15) is 23.5 Å². The number of aryl methyl sites for hydroxylation is 1. The smallest absolute Gasteiger partial charge is 0.308 e. The van der Waals surface area contributed by atoms with Gasteiger partial charge in [-0.15, -0.1) is 0 Å². The quantitative estimate of drug-likeness (QED) is 0.688. The SMILES string of the molecule is O=C(O)[C@@H]1CN(C(=O)CCc2ccc3[nH]ccc3c2)C[C@H]1c1ccc(F)cc1F. The molecule has 1 fully saturated rings. The molecule has 1 saturated heterocycles. The molecular weight excluding hydrogens is 378 g/mol. The molecule has 2 atom stereocenters. The molecule has 2 N–H and O–H groups in total. The molecule has 7 heteroatoms. The first-order chi connectivity index (χ1) is 13.9. The Bertz CT molecular complexity index is 1080. The molecule has 5 nitrogen and oxygen atoms in total. The van der Waals surface area contributed by atoms with Gasteiger partial charge < -0.3 is 15.0 Å². The van der Waals surface area contributed by atoms with Gasteiger partial charge in [0.2, 0.25) is 5.91 Å². The van der Waals surface area contributed by atoms with Crippen LogP contribution in [0.4, 0.5) is 8.78 Å². The maximum Gasteiger partial charge on any atom is 0.308 e. The Morgan fingerprint density at radius 1 is 1.10 bits per heavy atom. The molecule has 0 aliphatic carbocycles. The van der Waals surface area contributed by atoms with Crippen molar-refractivity contribution in [1.82, 2.24) is 9.88 Å². The molecule has 1 amide bonds. The molecule has 2 heterocycles. The number of rotatable bonds is 5. The molecular formula is C22H20F2N2O3. The zero-order valence-corrected chi connectivity index (χ0v) is 15.6. The normalized spacial score (nSPS) is 19.0. The molecule has 0 saturated carbocycles. The van der Waals surface area contributed by atoms with Crippen LogP contribution in [0, 0.1) is 17.6 Å². The summed E-state index contributed by atoms with van der Waals surface area (Å²) in [6, 6.07) is 11.0. The molecule has 1 aliphatic heterocycles. The topological polar surface area (TPSA) is 73.4 Å². The average molecular weight is 398 g/mol. The van der Waals surface area contributed by atoms with Gasteiger partial charge >= 0.3 is 5.97 Å². The first-order valence-corrected chi connectivity index (χ1v) is 9.44. The van der Waals surface area contributed by atoms with Crippen LogP contribution in [0.25, 0.3) is 10.9 Å². The third kappa shape index (κ3) is 3.85. The fourth-order valence-electron chi connectivity index (χ4n) is 4.04. The van der Waals surface area contributed by atoms with Crippen molar-refractivity contribution in [1.29, 1.82) is 0 Å². The highest BCUT2D eigenvalue weighted by atomic mass is 19.1. The van der Waals surface area contributed by atoms with Crippen LogP contribution >= 0.6 is 0 Å². The average Bonchev–Trinajstić information content (AvgIpc) is 3.33. The number of aromatic nitrogens is 1. The summed E-state index contributed by atoms with van der Waals surface area (Å²) in [6.45, 7) is 0.127. The molecule has 29 heavy (non-hydrogen) atoms. The lowest BCUT2D eigenvalue weighted by Crippen LogP contribution is -2.30. The Labute approximate surface area is 166 Å². The molecule has 0 radical (unpaired) electrons. The number of nitrogens with one attached hydrogen (secondary N) is 1. The van der Waals surface area contributed by atoms with E-state index in [0.717, 1.165) is 28.6 Å². The molecule has 4 rings (SSSR count). The van der Waals surface area contributed by atoms with Crippen LogP contribution < -0.4 is 0 Å². The molecule has 1 aliphatic rings. The number of fused-ring (bicyclic) bond motifs is 1. The highest BCUT2D eigenvalue weighted by Gasteiger charge is 2.41. The van der Waals surface area contributed by atoms with Gasteiger partial charge in [-0.1, -0.05) is 12.1 Å². The maximum absolute atomic E-state index is 14.2. The van der Waals surface area contributed by atoms with Crippen molar-refractivity contribution >= 4 is 22.8 Å². The number of carbonyl (C=O) groups excluding carboxylic acids is 1. The third-order valence-electron chi connectivity index (χ3n) is 5.60. The third-order valence-corrected chi connectivity index (χ3v) is 5.60. The Morgan fingerprint density at radius 3 is 2.69 bits per heavy atom. The van der Waals surface area contributed by atoms with Crippen molar-refractivity contribution in [2.45, 2.75) is 18.8 Å². The Kier molecular flexibility index (Phi) is 5.05. The number of H-pyrrole nitrogens is 1. The predicted molar refractivity (Wildman–Crippen MR) is 103 cm³/mol. The predicted octanol–water partition coefficient (Wildman–Crippen LogP) is 3.71. The highest BCUT2D eigenvalue weighted by Crippen LogP contribution is 2.35. The summed E-state index contributed by atoms with van der Waals surface area (Å²) in [4.78, 5) is 29.0. The number of hydrogen-bond acceptors (Lipinski definition) is 2. The highest BCUT2D eigenvalue weighted by molar-refractivity contribution is 5.81. The molecule has 0 unspecified atom stereocenters. The lowest BCUT2D eigenvalue weighted by atomic mass is 9.88. The first kappa shape index (κ1) is 19.1. The molecule has 0 bridgehead atoms. The van der Waals surface area contributed by atoms with Crippen molar-refractivity contribution in [3.05, 3.63) is 71.4 Å². The number of hydrogen-bond donors (Lipinski definition) is 2. The standard InChI is InChI=1S/C22H20F2N2O3/c23-15-3-4-16(19(24)10-15)17-11-26(12-18(17)22(28)29)21(27)6-2-13-1-5-20-14(9-13)7-8-25-20/h1,3-5,7-10,17-18,25H,2,6,11-12H2,(H,28,29)/t17-,18+/m0/s1. The van der Waals surface area contributed by atoms with E-state index in [1.165, 1.54) is 11.0 Å². The number of likely N-dealkylation sites (tertiary alicyclic amines) is 1.